The molecule has 3 aliphatic rings. The fourth-order valence-corrected chi connectivity index (χ4v) is 3.13. The second-order valence-corrected chi connectivity index (χ2v) is 6.05. The normalized spacial score (nSPS) is 33.0. The van der Waals surface area contributed by atoms with Crippen LogP contribution in [0.5, 0.6) is 0 Å². The van der Waals surface area contributed by atoms with E-state index in [1.807, 2.05) is 0 Å². The lowest BCUT2D eigenvalue weighted by atomic mass is 10.1. The first-order chi connectivity index (χ1) is 10.1. The zero-order valence-electron chi connectivity index (χ0n) is 12.0. The van der Waals surface area contributed by atoms with Crippen LogP contribution in [0.15, 0.2) is 0 Å². The van der Waals surface area contributed by atoms with Gasteiger partial charge in [-0.05, 0) is 25.2 Å². The summed E-state index contributed by atoms with van der Waals surface area (Å²) in [5, 5.41) is 11.9. The Bertz CT molecular complexity index is 412. The molecule has 7 heteroatoms. The summed E-state index contributed by atoms with van der Waals surface area (Å²) < 4.78 is 11.1. The number of amides is 2. The Kier molecular flexibility index (Phi) is 4.30. The molecule has 1 aliphatic carbocycles. The molecular formula is C14H22N2O5. The van der Waals surface area contributed by atoms with Gasteiger partial charge in [-0.15, -0.1) is 0 Å². The van der Waals surface area contributed by atoms with Gasteiger partial charge in [0, 0.05) is 19.7 Å². The maximum atomic E-state index is 12.3. The molecule has 118 valence electrons. The van der Waals surface area contributed by atoms with Gasteiger partial charge in [0.1, 0.15) is 0 Å². The number of carbonyl (C=O) groups excluding carboxylic acids is 1. The van der Waals surface area contributed by atoms with Crippen molar-refractivity contribution in [1.29, 1.82) is 0 Å². The first kappa shape index (κ1) is 14.6. The minimum atomic E-state index is -0.903. The van der Waals surface area contributed by atoms with Crippen molar-refractivity contribution in [3.63, 3.8) is 0 Å². The molecule has 0 aromatic heterocycles. The standard InChI is InChI=1S/C14H22N2O5/c17-12(18)7-10-8-16(4-6-20-10)14(19)15-11-3-5-21-13(11)9-1-2-9/h9-11,13H,1-8H2,(H,15,19)(H,17,18). The molecule has 3 fully saturated rings. The number of urea groups is 1. The van der Waals surface area contributed by atoms with E-state index >= 15 is 0 Å². The quantitative estimate of drug-likeness (QED) is 0.786. The van der Waals surface area contributed by atoms with Gasteiger partial charge in [-0.25, -0.2) is 4.79 Å². The molecule has 7 nitrogen and oxygen atoms in total. The molecule has 0 aromatic rings. The fourth-order valence-electron chi connectivity index (χ4n) is 3.13. The van der Waals surface area contributed by atoms with E-state index in [9.17, 15) is 9.59 Å². The number of carboxylic acids is 1. The Morgan fingerprint density at radius 3 is 2.71 bits per heavy atom. The summed E-state index contributed by atoms with van der Waals surface area (Å²) in [6.45, 7) is 1.93. The average molecular weight is 298 g/mol. The third-order valence-electron chi connectivity index (χ3n) is 4.36. The highest BCUT2D eigenvalue weighted by Gasteiger charge is 2.41. The maximum absolute atomic E-state index is 12.3. The highest BCUT2D eigenvalue weighted by atomic mass is 16.5. The lowest BCUT2D eigenvalue weighted by Crippen LogP contribution is -2.53. The number of nitrogens with one attached hydrogen (secondary N) is 1. The highest BCUT2D eigenvalue weighted by molar-refractivity contribution is 5.75. The van der Waals surface area contributed by atoms with Gasteiger partial charge in [-0.3, -0.25) is 4.79 Å². The van der Waals surface area contributed by atoms with E-state index in [0.717, 1.165) is 6.42 Å². The van der Waals surface area contributed by atoms with Crippen molar-refractivity contribution in [2.24, 2.45) is 5.92 Å². The first-order valence-electron chi connectivity index (χ1n) is 7.64. The monoisotopic (exact) mass is 298 g/mol. The van der Waals surface area contributed by atoms with E-state index < -0.39 is 12.1 Å². The van der Waals surface area contributed by atoms with E-state index in [2.05, 4.69) is 5.32 Å². The number of rotatable bonds is 4. The zero-order valence-corrected chi connectivity index (χ0v) is 12.0. The highest BCUT2D eigenvalue weighted by Crippen LogP contribution is 2.38. The summed E-state index contributed by atoms with van der Waals surface area (Å²) >= 11 is 0. The number of carbonyl (C=O) groups is 2. The Morgan fingerprint density at radius 2 is 2.00 bits per heavy atom. The molecule has 0 spiro atoms. The lowest BCUT2D eigenvalue weighted by molar-refractivity contribution is -0.141. The van der Waals surface area contributed by atoms with Crippen LogP contribution in [0.1, 0.15) is 25.7 Å². The van der Waals surface area contributed by atoms with Gasteiger partial charge < -0.3 is 24.8 Å². The van der Waals surface area contributed by atoms with Gasteiger partial charge in [-0.2, -0.15) is 0 Å². The summed E-state index contributed by atoms with van der Waals surface area (Å²) in [7, 11) is 0. The molecule has 2 aliphatic heterocycles. The second-order valence-electron chi connectivity index (χ2n) is 6.05. The summed E-state index contributed by atoms with van der Waals surface area (Å²) in [5.41, 5.74) is 0. The smallest absolute Gasteiger partial charge is 0.317 e. The second kappa shape index (κ2) is 6.19. The predicted octanol–water partition coefficient (Wildman–Crippen LogP) is 0.439. The number of hydrogen-bond acceptors (Lipinski definition) is 4. The first-order valence-corrected chi connectivity index (χ1v) is 7.64. The fraction of sp³-hybridized carbons (Fsp3) is 0.857. The number of ether oxygens (including phenoxy) is 2. The molecule has 3 atom stereocenters. The Labute approximate surface area is 123 Å². The van der Waals surface area contributed by atoms with Gasteiger partial charge in [0.25, 0.3) is 0 Å². The SMILES string of the molecule is O=C(O)CC1CN(C(=O)NC2CCOC2C2CC2)CCO1. The molecule has 21 heavy (non-hydrogen) atoms. The molecule has 2 amide bonds. The molecule has 3 rings (SSSR count). The van der Waals surface area contributed by atoms with Crippen molar-refractivity contribution in [2.45, 2.75) is 43.9 Å². The van der Waals surface area contributed by atoms with Crippen molar-refractivity contribution < 1.29 is 24.2 Å². The minimum absolute atomic E-state index is 0.0684. The van der Waals surface area contributed by atoms with Crippen LogP contribution >= 0.6 is 0 Å². The van der Waals surface area contributed by atoms with Gasteiger partial charge in [0.05, 0.1) is 31.3 Å². The number of carboxylic acid groups (broad SMARTS) is 1. The molecule has 0 aromatic carbocycles. The summed E-state index contributed by atoms with van der Waals surface area (Å²) in [5.74, 6) is -0.303. The van der Waals surface area contributed by atoms with E-state index in [1.54, 1.807) is 4.90 Å². The average Bonchev–Trinajstić information content (AvgIpc) is 3.19. The van der Waals surface area contributed by atoms with Crippen LogP contribution in [-0.2, 0) is 14.3 Å². The van der Waals surface area contributed by atoms with Crippen molar-refractivity contribution in [3.8, 4) is 0 Å². The molecule has 1 saturated carbocycles. The Hall–Kier alpha value is -1.34. The Balaban J connectivity index is 1.51. The Morgan fingerprint density at radius 1 is 1.19 bits per heavy atom. The molecular weight excluding hydrogens is 276 g/mol. The number of nitrogens with zero attached hydrogens (tertiary/aromatic N) is 1. The van der Waals surface area contributed by atoms with E-state index in [-0.39, 0.29) is 24.6 Å². The van der Waals surface area contributed by atoms with Gasteiger partial charge >= 0.3 is 12.0 Å². The number of morpholine rings is 1. The molecule has 0 bridgehead atoms. The summed E-state index contributed by atoms with van der Waals surface area (Å²) in [6, 6.07) is -0.0411. The van der Waals surface area contributed by atoms with Crippen LogP contribution < -0.4 is 5.32 Å². The third-order valence-corrected chi connectivity index (χ3v) is 4.36. The van der Waals surface area contributed by atoms with Crippen LogP contribution in [0, 0.1) is 5.92 Å². The molecule has 0 radical (unpaired) electrons. The van der Waals surface area contributed by atoms with Crippen molar-refractivity contribution >= 4 is 12.0 Å². The number of hydrogen-bond donors (Lipinski definition) is 2. The van der Waals surface area contributed by atoms with Crippen LogP contribution in [-0.4, -0.2) is 66.6 Å². The van der Waals surface area contributed by atoms with Crippen LogP contribution in [0.2, 0.25) is 0 Å². The van der Waals surface area contributed by atoms with Gasteiger partial charge in [-0.1, -0.05) is 0 Å². The molecule has 3 unspecified atom stereocenters. The van der Waals surface area contributed by atoms with E-state index in [1.165, 1.54) is 12.8 Å². The van der Waals surface area contributed by atoms with Crippen LogP contribution in [0.25, 0.3) is 0 Å². The predicted molar refractivity (Wildman–Crippen MR) is 73.0 cm³/mol. The maximum Gasteiger partial charge on any atom is 0.317 e. The molecule has 2 saturated heterocycles. The molecule has 2 N–H and O–H groups in total. The van der Waals surface area contributed by atoms with Gasteiger partial charge in [0.2, 0.25) is 0 Å². The van der Waals surface area contributed by atoms with Gasteiger partial charge in [0.15, 0.2) is 0 Å². The zero-order chi connectivity index (χ0) is 14.8. The third kappa shape index (κ3) is 3.65. The van der Waals surface area contributed by atoms with Crippen molar-refractivity contribution in [1.82, 2.24) is 10.2 Å². The minimum Gasteiger partial charge on any atom is -0.481 e. The summed E-state index contributed by atoms with van der Waals surface area (Å²) in [4.78, 5) is 24.7. The molecule has 2 heterocycles. The topological polar surface area (TPSA) is 88.1 Å². The van der Waals surface area contributed by atoms with Crippen LogP contribution in [0.3, 0.4) is 0 Å². The van der Waals surface area contributed by atoms with E-state index in [4.69, 9.17) is 14.6 Å². The van der Waals surface area contributed by atoms with Crippen LogP contribution in [0.4, 0.5) is 4.79 Å². The summed E-state index contributed by atoms with van der Waals surface area (Å²) in [6.07, 6.45) is 2.91. The van der Waals surface area contributed by atoms with E-state index in [0.29, 0.717) is 32.2 Å². The largest absolute Gasteiger partial charge is 0.481 e. The van der Waals surface area contributed by atoms with Crippen molar-refractivity contribution in [2.75, 3.05) is 26.3 Å². The number of aliphatic carboxylic acids is 1. The van der Waals surface area contributed by atoms with Crippen molar-refractivity contribution in [3.05, 3.63) is 0 Å². The lowest BCUT2D eigenvalue weighted by Gasteiger charge is -2.33.